The molecule has 1 aromatic heterocycles. The van der Waals surface area contributed by atoms with Crippen LogP contribution in [0, 0.1) is 5.92 Å². The number of hydrogen-bond acceptors (Lipinski definition) is 4. The van der Waals surface area contributed by atoms with Gasteiger partial charge in [0.25, 0.3) is 0 Å². The Labute approximate surface area is 79.9 Å². The third-order valence-electron chi connectivity index (χ3n) is 2.29. The molecule has 0 bridgehead atoms. The molecule has 2 rings (SSSR count). The van der Waals surface area contributed by atoms with Gasteiger partial charge in [0.05, 0.1) is 6.26 Å². The number of ketones is 3. The first-order valence-electron chi connectivity index (χ1n) is 4.33. The summed E-state index contributed by atoms with van der Waals surface area (Å²) < 4.78 is 4.85. The topological polar surface area (TPSA) is 64.3 Å². The van der Waals surface area contributed by atoms with Crippen molar-refractivity contribution in [3.8, 4) is 0 Å². The molecule has 1 saturated carbocycles. The van der Waals surface area contributed by atoms with E-state index in [4.69, 9.17) is 4.42 Å². The van der Waals surface area contributed by atoms with Crippen molar-refractivity contribution in [1.82, 2.24) is 0 Å². The largest absolute Gasteiger partial charge is 0.461 e. The highest BCUT2D eigenvalue weighted by molar-refractivity contribution is 6.26. The van der Waals surface area contributed by atoms with Crippen LogP contribution in [0.2, 0.25) is 0 Å². The number of Topliss-reactive ketones (excluding diaryl/α,β-unsaturated/α-hetero) is 3. The van der Waals surface area contributed by atoms with E-state index in [1.807, 2.05) is 0 Å². The molecular formula is C10H8O4. The van der Waals surface area contributed by atoms with Crippen LogP contribution in [0.5, 0.6) is 0 Å². The lowest BCUT2D eigenvalue weighted by Crippen LogP contribution is -2.24. The van der Waals surface area contributed by atoms with Crippen molar-refractivity contribution in [2.24, 2.45) is 5.92 Å². The van der Waals surface area contributed by atoms with Gasteiger partial charge in [-0.15, -0.1) is 0 Å². The maximum absolute atomic E-state index is 11.6. The van der Waals surface area contributed by atoms with Crippen LogP contribution in [0.3, 0.4) is 0 Å². The molecule has 0 radical (unpaired) electrons. The molecule has 4 heteroatoms. The van der Waals surface area contributed by atoms with E-state index in [-0.39, 0.29) is 30.2 Å². The number of furan rings is 1. The zero-order valence-electron chi connectivity index (χ0n) is 7.36. The van der Waals surface area contributed by atoms with E-state index in [9.17, 15) is 14.4 Å². The van der Waals surface area contributed by atoms with Crippen LogP contribution in [0.1, 0.15) is 23.4 Å². The maximum atomic E-state index is 11.6. The van der Waals surface area contributed by atoms with Crippen LogP contribution in [0.15, 0.2) is 22.8 Å². The van der Waals surface area contributed by atoms with Crippen molar-refractivity contribution in [3.05, 3.63) is 24.2 Å². The minimum absolute atomic E-state index is 0.0820. The summed E-state index contributed by atoms with van der Waals surface area (Å²) in [5.74, 6) is -2.13. The molecule has 0 saturated heterocycles. The molecule has 0 atom stereocenters. The monoisotopic (exact) mass is 192 g/mol. The summed E-state index contributed by atoms with van der Waals surface area (Å²) in [6.45, 7) is 0. The van der Waals surface area contributed by atoms with E-state index < -0.39 is 11.7 Å². The minimum atomic E-state index is -1.11. The van der Waals surface area contributed by atoms with Gasteiger partial charge in [0.15, 0.2) is 17.3 Å². The Morgan fingerprint density at radius 1 is 1.29 bits per heavy atom. The van der Waals surface area contributed by atoms with E-state index in [1.54, 1.807) is 6.07 Å². The SMILES string of the molecule is O=C1CCC(=O)C1C(=O)c1ccco1. The van der Waals surface area contributed by atoms with Gasteiger partial charge in [-0.3, -0.25) is 14.4 Å². The van der Waals surface area contributed by atoms with E-state index >= 15 is 0 Å². The van der Waals surface area contributed by atoms with Crippen LogP contribution in [0.4, 0.5) is 0 Å². The molecule has 1 aliphatic rings. The van der Waals surface area contributed by atoms with Gasteiger partial charge in [-0.2, -0.15) is 0 Å². The summed E-state index contributed by atoms with van der Waals surface area (Å²) in [7, 11) is 0. The predicted octanol–water partition coefficient (Wildman–Crippen LogP) is 1.01. The second-order valence-corrected chi connectivity index (χ2v) is 3.21. The van der Waals surface area contributed by atoms with Crippen molar-refractivity contribution < 1.29 is 18.8 Å². The zero-order valence-corrected chi connectivity index (χ0v) is 7.36. The van der Waals surface area contributed by atoms with Crippen LogP contribution >= 0.6 is 0 Å². The van der Waals surface area contributed by atoms with Gasteiger partial charge >= 0.3 is 0 Å². The molecule has 1 heterocycles. The summed E-state index contributed by atoms with van der Waals surface area (Å²) >= 11 is 0. The average Bonchev–Trinajstić information content (AvgIpc) is 2.75. The lowest BCUT2D eigenvalue weighted by Gasteiger charge is -2.01. The van der Waals surface area contributed by atoms with Crippen LogP contribution in [-0.4, -0.2) is 17.3 Å². The molecule has 0 aliphatic heterocycles. The molecule has 0 N–H and O–H groups in total. The third-order valence-corrected chi connectivity index (χ3v) is 2.29. The molecule has 0 amide bonds. The minimum Gasteiger partial charge on any atom is -0.461 e. The summed E-state index contributed by atoms with van der Waals surface area (Å²) in [5, 5.41) is 0. The van der Waals surface area contributed by atoms with Crippen LogP contribution in [-0.2, 0) is 9.59 Å². The fourth-order valence-corrected chi connectivity index (χ4v) is 1.57. The molecule has 72 valence electrons. The molecule has 1 fully saturated rings. The van der Waals surface area contributed by atoms with Gasteiger partial charge in [0.2, 0.25) is 5.78 Å². The molecule has 0 spiro atoms. The van der Waals surface area contributed by atoms with Crippen molar-refractivity contribution in [3.63, 3.8) is 0 Å². The molecular weight excluding hydrogens is 184 g/mol. The summed E-state index contributed by atoms with van der Waals surface area (Å²) in [4.78, 5) is 34.1. The highest BCUT2D eigenvalue weighted by atomic mass is 16.3. The number of carbonyl (C=O) groups is 3. The smallest absolute Gasteiger partial charge is 0.215 e. The van der Waals surface area contributed by atoms with Gasteiger partial charge in [-0.05, 0) is 12.1 Å². The zero-order chi connectivity index (χ0) is 10.1. The first kappa shape index (κ1) is 8.87. The summed E-state index contributed by atoms with van der Waals surface area (Å²) in [6.07, 6.45) is 1.70. The third kappa shape index (κ3) is 1.28. The van der Waals surface area contributed by atoms with Gasteiger partial charge in [-0.1, -0.05) is 0 Å². The maximum Gasteiger partial charge on any atom is 0.215 e. The van der Waals surface area contributed by atoms with E-state index in [1.165, 1.54) is 12.3 Å². The van der Waals surface area contributed by atoms with Crippen molar-refractivity contribution >= 4 is 17.3 Å². The van der Waals surface area contributed by atoms with Gasteiger partial charge in [0.1, 0.15) is 5.92 Å². The molecule has 14 heavy (non-hydrogen) atoms. The predicted molar refractivity (Wildman–Crippen MR) is 45.8 cm³/mol. The van der Waals surface area contributed by atoms with Crippen molar-refractivity contribution in [2.75, 3.05) is 0 Å². The Hall–Kier alpha value is -1.71. The first-order valence-corrected chi connectivity index (χ1v) is 4.33. The lowest BCUT2D eigenvalue weighted by atomic mass is 9.99. The Kier molecular flexibility index (Phi) is 2.04. The molecule has 0 aromatic carbocycles. The lowest BCUT2D eigenvalue weighted by molar-refractivity contribution is -0.125. The van der Waals surface area contributed by atoms with Crippen LogP contribution in [0.25, 0.3) is 0 Å². The highest BCUT2D eigenvalue weighted by Crippen LogP contribution is 2.22. The molecule has 4 nitrogen and oxygen atoms in total. The van der Waals surface area contributed by atoms with E-state index in [0.29, 0.717) is 0 Å². The average molecular weight is 192 g/mol. The van der Waals surface area contributed by atoms with Crippen molar-refractivity contribution in [2.45, 2.75) is 12.8 Å². The highest BCUT2D eigenvalue weighted by Gasteiger charge is 2.39. The van der Waals surface area contributed by atoms with Gasteiger partial charge in [-0.25, -0.2) is 0 Å². The van der Waals surface area contributed by atoms with E-state index in [2.05, 4.69) is 0 Å². The Balaban J connectivity index is 2.27. The Morgan fingerprint density at radius 2 is 1.93 bits per heavy atom. The first-order chi connectivity index (χ1) is 6.70. The number of rotatable bonds is 2. The number of carbonyl (C=O) groups excluding carboxylic acids is 3. The summed E-state index contributed by atoms with van der Waals surface area (Å²) in [6, 6.07) is 3.01. The van der Waals surface area contributed by atoms with Gasteiger partial charge in [0, 0.05) is 12.8 Å². The van der Waals surface area contributed by atoms with Gasteiger partial charge < -0.3 is 4.42 Å². The molecule has 1 aromatic rings. The van der Waals surface area contributed by atoms with E-state index in [0.717, 1.165) is 0 Å². The van der Waals surface area contributed by atoms with Crippen LogP contribution < -0.4 is 0 Å². The second kappa shape index (κ2) is 3.21. The quantitative estimate of drug-likeness (QED) is 0.518. The van der Waals surface area contributed by atoms with Crippen molar-refractivity contribution in [1.29, 1.82) is 0 Å². The second-order valence-electron chi connectivity index (χ2n) is 3.21. The molecule has 0 unspecified atom stereocenters. The Bertz CT molecular complexity index is 372. The Morgan fingerprint density at radius 3 is 2.43 bits per heavy atom. The summed E-state index contributed by atoms with van der Waals surface area (Å²) in [5.41, 5.74) is 0. The molecule has 1 aliphatic carbocycles. The number of hydrogen-bond donors (Lipinski definition) is 0. The fourth-order valence-electron chi connectivity index (χ4n) is 1.57. The fraction of sp³-hybridized carbons (Fsp3) is 0.300. The normalized spacial score (nSPS) is 17.7. The standard InChI is InChI=1S/C10H8O4/c11-6-3-4-7(12)9(6)10(13)8-2-1-5-14-8/h1-2,5,9H,3-4H2.